The predicted octanol–water partition coefficient (Wildman–Crippen LogP) is -0.204. The van der Waals surface area contributed by atoms with Crippen molar-refractivity contribution >= 4 is 17.8 Å². The first-order valence-electron chi connectivity index (χ1n) is 13.0. The summed E-state index contributed by atoms with van der Waals surface area (Å²) in [5.41, 5.74) is 4.91. The number of fused-ring (bicyclic) bond motifs is 2. The van der Waals surface area contributed by atoms with Gasteiger partial charge in [0.1, 0.15) is 0 Å². The Hall–Kier alpha value is -3.99. The Kier molecular flexibility index (Phi) is 10.6. The van der Waals surface area contributed by atoms with Crippen LogP contribution in [0.3, 0.4) is 0 Å². The van der Waals surface area contributed by atoms with Gasteiger partial charge in [0.15, 0.2) is 23.0 Å². The molecule has 218 valence electrons. The maximum Gasteiger partial charge on any atom is 0.227 e. The molecular formula is C29H36N2O9-2. The molecule has 0 spiro atoms. The second kappa shape index (κ2) is 13.9. The van der Waals surface area contributed by atoms with E-state index in [2.05, 4.69) is 24.1 Å². The quantitative estimate of drug-likeness (QED) is 0.361. The average Bonchev–Trinajstić information content (AvgIpc) is 3.08. The lowest BCUT2D eigenvalue weighted by molar-refractivity contribution is -0.345. The van der Waals surface area contributed by atoms with Gasteiger partial charge in [-0.2, -0.15) is 0 Å². The molecule has 0 bridgehead atoms. The summed E-state index contributed by atoms with van der Waals surface area (Å²) in [5, 5.41) is 17.9. The van der Waals surface area contributed by atoms with Crippen LogP contribution in [0.5, 0.6) is 23.0 Å². The molecule has 11 nitrogen and oxygen atoms in total. The number of benzene rings is 2. The van der Waals surface area contributed by atoms with Crippen LogP contribution in [0, 0.1) is 0 Å². The Labute approximate surface area is 234 Å². The fraction of sp³-hybridized carbons (Fsp3) is 0.483. The number of carboxylic acids is 2. The molecule has 1 heterocycles. The molecule has 40 heavy (non-hydrogen) atoms. The predicted molar refractivity (Wildman–Crippen MR) is 142 cm³/mol. The number of amides is 1. The Balaban J connectivity index is 0.000000663. The molecule has 0 saturated carbocycles. The smallest absolute Gasteiger partial charge is 0.227 e. The van der Waals surface area contributed by atoms with E-state index in [4.69, 9.17) is 38.7 Å². The lowest BCUT2D eigenvalue weighted by Gasteiger charge is -2.34. The van der Waals surface area contributed by atoms with Crippen LogP contribution >= 0.6 is 0 Å². The number of carbonyl (C=O) groups is 3. The maximum absolute atomic E-state index is 12.9. The first kappa shape index (κ1) is 30.6. The van der Waals surface area contributed by atoms with Crippen LogP contribution in [-0.4, -0.2) is 89.3 Å². The molecule has 4 rings (SSSR count). The molecule has 0 fully saturated rings. The molecule has 0 N–H and O–H groups in total. The summed E-state index contributed by atoms with van der Waals surface area (Å²) < 4.78 is 21.7. The van der Waals surface area contributed by atoms with Crippen LogP contribution in [0.4, 0.5) is 0 Å². The summed E-state index contributed by atoms with van der Waals surface area (Å²) in [4.78, 5) is 35.1. The van der Waals surface area contributed by atoms with Crippen molar-refractivity contribution in [1.82, 2.24) is 9.80 Å². The fourth-order valence-corrected chi connectivity index (χ4v) is 5.15. The normalized spacial score (nSPS) is 15.5. The van der Waals surface area contributed by atoms with Gasteiger partial charge in [-0.15, -0.1) is 0 Å². The lowest BCUT2D eigenvalue weighted by atomic mass is 9.77. The van der Waals surface area contributed by atoms with Crippen LogP contribution < -0.4 is 29.2 Å². The molecule has 0 aromatic heterocycles. The summed E-state index contributed by atoms with van der Waals surface area (Å²) in [5.74, 6) is -0.680. The monoisotopic (exact) mass is 556 g/mol. The van der Waals surface area contributed by atoms with Crippen molar-refractivity contribution in [3.63, 3.8) is 0 Å². The van der Waals surface area contributed by atoms with Gasteiger partial charge in [0.05, 0.1) is 46.8 Å². The first-order valence-corrected chi connectivity index (χ1v) is 13.0. The van der Waals surface area contributed by atoms with E-state index in [9.17, 15) is 4.79 Å². The molecule has 2 aliphatic rings. The summed E-state index contributed by atoms with van der Waals surface area (Å²) in [6.45, 7) is 3.47. The Morgan fingerprint density at radius 3 is 1.95 bits per heavy atom. The highest BCUT2D eigenvalue weighted by Gasteiger charge is 2.29. The summed E-state index contributed by atoms with van der Waals surface area (Å²) >= 11 is 0. The summed E-state index contributed by atoms with van der Waals surface area (Å²) in [6, 6.07) is 8.18. The third-order valence-corrected chi connectivity index (χ3v) is 7.27. The van der Waals surface area contributed by atoms with Crippen molar-refractivity contribution in [3.8, 4) is 23.0 Å². The van der Waals surface area contributed by atoms with Crippen LogP contribution in [0.2, 0.25) is 0 Å². The van der Waals surface area contributed by atoms with Gasteiger partial charge in [-0.1, -0.05) is 0 Å². The van der Waals surface area contributed by atoms with Crippen molar-refractivity contribution in [2.75, 3.05) is 61.7 Å². The van der Waals surface area contributed by atoms with E-state index in [0.717, 1.165) is 68.3 Å². The van der Waals surface area contributed by atoms with Crippen molar-refractivity contribution in [2.45, 2.75) is 31.6 Å². The van der Waals surface area contributed by atoms with Crippen molar-refractivity contribution in [2.24, 2.45) is 0 Å². The van der Waals surface area contributed by atoms with Crippen LogP contribution in [0.25, 0.3) is 0 Å². The Morgan fingerprint density at radius 1 is 0.875 bits per heavy atom. The highest BCUT2D eigenvalue weighted by atomic mass is 16.5. The minimum atomic E-state index is -2.19. The third-order valence-electron chi connectivity index (χ3n) is 7.27. The zero-order valence-corrected chi connectivity index (χ0v) is 23.6. The van der Waals surface area contributed by atoms with Gasteiger partial charge in [-0.25, -0.2) is 0 Å². The molecule has 1 amide bonds. The van der Waals surface area contributed by atoms with Crippen molar-refractivity contribution in [3.05, 3.63) is 46.5 Å². The molecule has 2 aromatic carbocycles. The van der Waals surface area contributed by atoms with E-state index in [1.165, 1.54) is 16.7 Å². The molecule has 1 atom stereocenters. The van der Waals surface area contributed by atoms with Gasteiger partial charge < -0.3 is 48.5 Å². The number of carboxylic acid groups (broad SMARTS) is 2. The second-order valence-corrected chi connectivity index (χ2v) is 9.78. The number of carbonyl (C=O) groups excluding carboxylic acids is 3. The van der Waals surface area contributed by atoms with Gasteiger partial charge in [-0.3, -0.25) is 4.79 Å². The van der Waals surface area contributed by atoms with E-state index in [0.29, 0.717) is 18.1 Å². The van der Waals surface area contributed by atoms with Gasteiger partial charge in [0.2, 0.25) is 5.91 Å². The minimum absolute atomic E-state index is 0.183. The number of nitrogens with zero attached hydrogens (tertiary/aromatic N) is 2. The van der Waals surface area contributed by atoms with Gasteiger partial charge in [0, 0.05) is 25.6 Å². The number of rotatable bonds is 10. The summed E-state index contributed by atoms with van der Waals surface area (Å²) in [7, 11) is 8.79. The van der Waals surface area contributed by atoms with Gasteiger partial charge in [0.25, 0.3) is 0 Å². The van der Waals surface area contributed by atoms with Crippen LogP contribution in [0.15, 0.2) is 24.3 Å². The number of hydrogen-bond donors (Lipinski definition) is 0. The molecular weight excluding hydrogens is 520 g/mol. The largest absolute Gasteiger partial charge is 0.543 e. The topological polar surface area (TPSA) is 141 Å². The van der Waals surface area contributed by atoms with Crippen LogP contribution in [0.1, 0.15) is 34.6 Å². The first-order chi connectivity index (χ1) is 19.1. The highest BCUT2D eigenvalue weighted by Crippen LogP contribution is 2.42. The van der Waals surface area contributed by atoms with E-state index in [1.807, 2.05) is 17.0 Å². The summed E-state index contributed by atoms with van der Waals surface area (Å²) in [6.07, 6.45) is 3.27. The van der Waals surface area contributed by atoms with Crippen molar-refractivity contribution in [1.29, 1.82) is 0 Å². The van der Waals surface area contributed by atoms with Crippen LogP contribution in [-0.2, 0) is 33.6 Å². The molecule has 0 radical (unpaired) electrons. The number of likely N-dealkylation sites (N-methyl/N-ethyl adjacent to an activating group) is 1. The van der Waals surface area contributed by atoms with E-state index >= 15 is 0 Å². The zero-order valence-electron chi connectivity index (χ0n) is 23.6. The standard InChI is InChI=1S/C27H36N2O5.C2H2O4/c1-28(17-21-11-20-14-25(33-4)26(34-5)16-22(20)21)8-6-9-29-10-7-18-12-23(31-2)24(32-3)13-19(18)15-27(29)30;3-1(4)2(5)6/h12-14,16,21H,6-11,15,17H2,1-5H3;(H,3,4)(H,5,6)/p-2/t21-;/m1./s1. The van der Waals surface area contributed by atoms with E-state index < -0.39 is 11.9 Å². The molecule has 0 unspecified atom stereocenters. The SMILES string of the molecule is COc1cc2c(cc1OC)CC(=O)N(CCCN(C)C[C@H]1Cc3cc(OC)c(OC)cc31)CC2.O=C([O-])C(=O)[O-]. The molecule has 2 aromatic rings. The van der Waals surface area contributed by atoms with Gasteiger partial charge >= 0.3 is 0 Å². The number of aliphatic carboxylic acids is 2. The molecule has 1 aliphatic carbocycles. The Morgan fingerprint density at radius 2 is 1.40 bits per heavy atom. The lowest BCUT2D eigenvalue weighted by Crippen LogP contribution is -2.42. The van der Waals surface area contributed by atoms with E-state index in [1.54, 1.807) is 28.4 Å². The van der Waals surface area contributed by atoms with Gasteiger partial charge in [-0.05, 0) is 79.4 Å². The maximum atomic E-state index is 12.9. The second-order valence-electron chi connectivity index (χ2n) is 9.78. The number of ether oxygens (including phenoxy) is 4. The Bertz CT molecular complexity index is 1220. The van der Waals surface area contributed by atoms with E-state index in [-0.39, 0.29) is 5.91 Å². The number of methoxy groups -OCH3 is 4. The third kappa shape index (κ3) is 7.35. The molecule has 11 heteroatoms. The highest BCUT2D eigenvalue weighted by molar-refractivity contribution is 6.25. The molecule has 0 saturated heterocycles. The number of hydrogen-bond acceptors (Lipinski definition) is 10. The average molecular weight is 557 g/mol. The minimum Gasteiger partial charge on any atom is -0.543 e. The fourth-order valence-electron chi connectivity index (χ4n) is 5.15. The zero-order chi connectivity index (χ0) is 29.4. The van der Waals surface area contributed by atoms with Crippen molar-refractivity contribution < 1.29 is 43.5 Å². The molecule has 1 aliphatic heterocycles.